The predicted octanol–water partition coefficient (Wildman–Crippen LogP) is 3.72. The molecule has 2 N–H and O–H groups in total. The number of nitrogens with one attached hydrogen (secondary N) is 2. The molecule has 2 aromatic heterocycles. The number of hydrogen-bond donors (Lipinski definition) is 2. The molecule has 2 fully saturated rings. The van der Waals surface area contributed by atoms with E-state index in [1.807, 2.05) is 20.8 Å². The van der Waals surface area contributed by atoms with Crippen LogP contribution in [0.4, 0.5) is 10.6 Å². The molecule has 0 bridgehead atoms. The summed E-state index contributed by atoms with van der Waals surface area (Å²) in [6.45, 7) is 7.06. The Hall–Kier alpha value is -2.31. The van der Waals surface area contributed by atoms with Crippen LogP contribution in [0.15, 0.2) is 12.5 Å². The Kier molecular flexibility index (Phi) is 4.70. The minimum atomic E-state index is -0.473. The van der Waals surface area contributed by atoms with Crippen molar-refractivity contribution >= 4 is 22.9 Å². The summed E-state index contributed by atoms with van der Waals surface area (Å²) < 4.78 is 5.53. The van der Waals surface area contributed by atoms with Crippen molar-refractivity contribution in [1.82, 2.24) is 19.9 Å². The molecule has 0 spiro atoms. The van der Waals surface area contributed by atoms with Gasteiger partial charge in [-0.05, 0) is 64.4 Å². The van der Waals surface area contributed by atoms with Gasteiger partial charge in [0, 0.05) is 25.3 Å². The highest BCUT2D eigenvalue weighted by Crippen LogP contribution is 2.36. The van der Waals surface area contributed by atoms with Gasteiger partial charge in [-0.3, -0.25) is 0 Å². The lowest BCUT2D eigenvalue weighted by atomic mass is 10.1. The van der Waals surface area contributed by atoms with Crippen molar-refractivity contribution in [2.24, 2.45) is 5.92 Å². The first-order valence-corrected chi connectivity index (χ1v) is 9.94. The number of carbonyl (C=O) groups excluding carboxylic acids is 1. The number of carbonyl (C=O) groups is 1. The largest absolute Gasteiger partial charge is 0.444 e. The number of aromatic amines is 1. The van der Waals surface area contributed by atoms with E-state index in [1.165, 1.54) is 18.4 Å². The first-order valence-electron chi connectivity index (χ1n) is 9.94. The van der Waals surface area contributed by atoms with Crippen molar-refractivity contribution in [3.8, 4) is 0 Å². The van der Waals surface area contributed by atoms with E-state index in [1.54, 1.807) is 11.2 Å². The molecule has 27 heavy (non-hydrogen) atoms. The number of amides is 1. The van der Waals surface area contributed by atoms with E-state index in [9.17, 15) is 4.79 Å². The van der Waals surface area contributed by atoms with Gasteiger partial charge in [0.1, 0.15) is 23.4 Å². The number of ether oxygens (including phenoxy) is 1. The molecule has 2 aliphatic rings. The summed E-state index contributed by atoms with van der Waals surface area (Å²) in [7, 11) is 0. The van der Waals surface area contributed by atoms with Gasteiger partial charge >= 0.3 is 6.09 Å². The minimum Gasteiger partial charge on any atom is -0.444 e. The van der Waals surface area contributed by atoms with Gasteiger partial charge in [0.15, 0.2) is 0 Å². The topological polar surface area (TPSA) is 83.1 Å². The van der Waals surface area contributed by atoms with E-state index in [2.05, 4.69) is 26.5 Å². The highest BCUT2D eigenvalue weighted by Gasteiger charge is 2.29. The summed E-state index contributed by atoms with van der Waals surface area (Å²) >= 11 is 0. The van der Waals surface area contributed by atoms with E-state index < -0.39 is 5.60 Å². The van der Waals surface area contributed by atoms with Crippen molar-refractivity contribution in [3.63, 3.8) is 0 Å². The first kappa shape index (κ1) is 18.1. The molecule has 2 aromatic rings. The summed E-state index contributed by atoms with van der Waals surface area (Å²) in [5.41, 5.74) is 1.69. The fourth-order valence-corrected chi connectivity index (χ4v) is 3.71. The fraction of sp³-hybridized carbons (Fsp3) is 0.650. The molecule has 146 valence electrons. The number of aromatic nitrogens is 3. The molecule has 1 atom stereocenters. The maximum Gasteiger partial charge on any atom is 0.410 e. The zero-order chi connectivity index (χ0) is 19.0. The molecule has 1 aliphatic heterocycles. The summed E-state index contributed by atoms with van der Waals surface area (Å²) in [4.78, 5) is 26.4. The summed E-state index contributed by atoms with van der Waals surface area (Å²) in [5, 5.41) is 4.67. The Morgan fingerprint density at radius 2 is 2.15 bits per heavy atom. The number of rotatable bonds is 4. The molecule has 0 radical (unpaired) electrons. The number of hydrogen-bond acceptors (Lipinski definition) is 5. The molecule has 1 saturated carbocycles. The van der Waals surface area contributed by atoms with E-state index in [0.717, 1.165) is 48.6 Å². The molecular weight excluding hydrogens is 342 g/mol. The lowest BCUT2D eigenvalue weighted by molar-refractivity contribution is 0.0206. The first-order chi connectivity index (χ1) is 12.9. The number of likely N-dealkylation sites (tertiary alicyclic amines) is 1. The quantitative estimate of drug-likeness (QED) is 0.856. The van der Waals surface area contributed by atoms with E-state index in [4.69, 9.17) is 4.74 Å². The minimum absolute atomic E-state index is 0.160. The molecule has 7 nitrogen and oxygen atoms in total. The Morgan fingerprint density at radius 1 is 1.33 bits per heavy atom. The van der Waals surface area contributed by atoms with Gasteiger partial charge in [0.25, 0.3) is 0 Å². The third kappa shape index (κ3) is 4.34. The zero-order valence-electron chi connectivity index (χ0n) is 16.4. The van der Waals surface area contributed by atoms with Gasteiger partial charge in [-0.1, -0.05) is 0 Å². The highest BCUT2D eigenvalue weighted by atomic mass is 16.6. The van der Waals surface area contributed by atoms with Crippen LogP contribution in [0.1, 0.15) is 52.0 Å². The molecule has 1 unspecified atom stereocenters. The van der Waals surface area contributed by atoms with Crippen LogP contribution in [0.25, 0.3) is 11.0 Å². The van der Waals surface area contributed by atoms with Crippen LogP contribution in [0.2, 0.25) is 0 Å². The Morgan fingerprint density at radius 3 is 2.89 bits per heavy atom. The summed E-state index contributed by atoms with van der Waals surface area (Å²) in [6.07, 6.45) is 9.09. The molecule has 1 amide bonds. The molecule has 7 heteroatoms. The van der Waals surface area contributed by atoms with Gasteiger partial charge in [-0.25, -0.2) is 14.8 Å². The Bertz CT molecular complexity index is 821. The van der Waals surface area contributed by atoms with Crippen LogP contribution in [0.3, 0.4) is 0 Å². The molecule has 4 rings (SSSR count). The van der Waals surface area contributed by atoms with Crippen LogP contribution in [-0.2, 0) is 11.2 Å². The average Bonchev–Trinajstić information content (AvgIpc) is 3.32. The van der Waals surface area contributed by atoms with Crippen LogP contribution >= 0.6 is 0 Å². The predicted molar refractivity (Wildman–Crippen MR) is 105 cm³/mol. The third-order valence-corrected chi connectivity index (χ3v) is 5.17. The number of nitrogens with zero attached hydrogens (tertiary/aromatic N) is 3. The number of H-pyrrole nitrogens is 1. The van der Waals surface area contributed by atoms with E-state index in [0.29, 0.717) is 6.54 Å². The summed E-state index contributed by atoms with van der Waals surface area (Å²) in [5.74, 6) is 1.67. The Labute approximate surface area is 159 Å². The van der Waals surface area contributed by atoms with Crippen molar-refractivity contribution in [2.75, 3.05) is 18.4 Å². The highest BCUT2D eigenvalue weighted by molar-refractivity contribution is 5.90. The molecule has 0 aromatic carbocycles. The lowest BCUT2D eigenvalue weighted by Gasteiger charge is -2.34. The maximum atomic E-state index is 12.4. The second kappa shape index (κ2) is 7.02. The van der Waals surface area contributed by atoms with Gasteiger partial charge in [-0.15, -0.1) is 0 Å². The number of piperidine rings is 1. The van der Waals surface area contributed by atoms with Gasteiger partial charge in [-0.2, -0.15) is 0 Å². The van der Waals surface area contributed by atoms with Crippen molar-refractivity contribution < 1.29 is 9.53 Å². The second-order valence-electron chi connectivity index (χ2n) is 8.82. The van der Waals surface area contributed by atoms with Crippen LogP contribution < -0.4 is 5.32 Å². The third-order valence-electron chi connectivity index (χ3n) is 5.17. The fourth-order valence-electron chi connectivity index (χ4n) is 3.71. The van der Waals surface area contributed by atoms with Crippen LogP contribution in [-0.4, -0.2) is 50.7 Å². The van der Waals surface area contributed by atoms with Crippen LogP contribution in [0, 0.1) is 5.92 Å². The maximum absolute atomic E-state index is 12.4. The molecule has 1 saturated heterocycles. The Balaban J connectivity index is 1.48. The van der Waals surface area contributed by atoms with Crippen LogP contribution in [0.5, 0.6) is 0 Å². The van der Waals surface area contributed by atoms with Gasteiger partial charge < -0.3 is 19.9 Å². The molecule has 3 heterocycles. The average molecular weight is 371 g/mol. The normalized spacial score (nSPS) is 20.7. The molecular formula is C20H29N5O2. The molecule has 1 aliphatic carbocycles. The second-order valence-corrected chi connectivity index (χ2v) is 8.82. The SMILES string of the molecule is CC(C)(C)OC(=O)N1CCCC(Nc2ncnc3[nH]cc(CC4CC4)c23)C1. The zero-order valence-corrected chi connectivity index (χ0v) is 16.4. The monoisotopic (exact) mass is 371 g/mol. The van der Waals surface area contributed by atoms with E-state index >= 15 is 0 Å². The van der Waals surface area contributed by atoms with Crippen molar-refractivity contribution in [3.05, 3.63) is 18.1 Å². The van der Waals surface area contributed by atoms with Gasteiger partial charge in [0.2, 0.25) is 0 Å². The standard InChI is InChI=1S/C20H29N5O2/c1-20(2,3)27-19(26)25-8-4-5-15(11-25)24-18-16-14(9-13-6-7-13)10-21-17(16)22-12-23-18/h10,12-13,15H,4-9,11H2,1-3H3,(H2,21,22,23,24). The van der Waals surface area contributed by atoms with Gasteiger partial charge in [0.05, 0.1) is 5.39 Å². The number of fused-ring (bicyclic) bond motifs is 1. The van der Waals surface area contributed by atoms with Crippen molar-refractivity contribution in [1.29, 1.82) is 0 Å². The smallest absolute Gasteiger partial charge is 0.410 e. The lowest BCUT2D eigenvalue weighted by Crippen LogP contribution is -2.47. The number of anilines is 1. The summed E-state index contributed by atoms with van der Waals surface area (Å²) in [6, 6.07) is 0.160. The van der Waals surface area contributed by atoms with E-state index in [-0.39, 0.29) is 12.1 Å². The van der Waals surface area contributed by atoms with Crippen molar-refractivity contribution in [2.45, 2.75) is 64.5 Å².